The summed E-state index contributed by atoms with van der Waals surface area (Å²) in [6.45, 7) is 5.53. The van der Waals surface area contributed by atoms with Crippen molar-refractivity contribution in [1.82, 2.24) is 9.29 Å². The zero-order valence-electron chi connectivity index (χ0n) is 18.9. The Labute approximate surface area is 198 Å². The first-order valence-corrected chi connectivity index (χ1v) is 11.9. The molecule has 2 heterocycles. The number of carbonyl (C=O) groups is 1. The molecule has 178 valence electrons. The van der Waals surface area contributed by atoms with E-state index in [2.05, 4.69) is 0 Å². The van der Waals surface area contributed by atoms with Gasteiger partial charge in [-0.05, 0) is 56.7 Å². The lowest BCUT2D eigenvalue weighted by molar-refractivity contribution is 0.0540. The topological polar surface area (TPSA) is 110 Å². The first kappa shape index (κ1) is 23.2. The Bertz CT molecular complexity index is 1340. The highest BCUT2D eigenvalue weighted by Gasteiger charge is 2.31. The van der Waals surface area contributed by atoms with Crippen molar-refractivity contribution in [3.63, 3.8) is 0 Å². The van der Waals surface area contributed by atoms with Crippen molar-refractivity contribution < 1.29 is 27.8 Å². The van der Waals surface area contributed by atoms with Gasteiger partial charge in [-0.15, -0.1) is 0 Å². The monoisotopic (exact) mass is 483 g/mol. The zero-order chi connectivity index (χ0) is 24.5. The maximum atomic E-state index is 12.7. The largest absolute Gasteiger partial charge is 0.493 e. The van der Waals surface area contributed by atoms with E-state index in [1.54, 1.807) is 57.3 Å². The lowest BCUT2D eigenvalue weighted by Gasteiger charge is -2.21. The highest BCUT2D eigenvalue weighted by atomic mass is 32.2. The van der Waals surface area contributed by atoms with Gasteiger partial charge >= 0.3 is 16.3 Å². The molecule has 10 heteroatoms. The predicted molar refractivity (Wildman–Crippen MR) is 128 cm³/mol. The molecule has 2 N–H and O–H groups in total. The van der Waals surface area contributed by atoms with E-state index in [1.165, 1.54) is 4.57 Å². The number of aromatic nitrogens is 1. The van der Waals surface area contributed by atoms with Crippen molar-refractivity contribution in [2.45, 2.75) is 33.0 Å². The second-order valence-electron chi connectivity index (χ2n) is 8.62. The highest BCUT2D eigenvalue weighted by molar-refractivity contribution is 7.91. The Morgan fingerprint density at radius 1 is 1.06 bits per heavy atom. The number of aliphatic hydroxyl groups excluding tert-OH is 1. The van der Waals surface area contributed by atoms with E-state index in [0.29, 0.717) is 11.3 Å². The quantitative estimate of drug-likeness (QED) is 0.552. The van der Waals surface area contributed by atoms with E-state index in [-0.39, 0.29) is 18.0 Å². The maximum Gasteiger partial charge on any atom is 0.418 e. The molecule has 0 fully saturated rings. The molecular weight excluding hydrogens is 458 g/mol. The van der Waals surface area contributed by atoms with Gasteiger partial charge in [-0.25, -0.2) is 13.8 Å². The second-order valence-corrected chi connectivity index (χ2v) is 10.2. The van der Waals surface area contributed by atoms with Gasteiger partial charge in [-0.2, -0.15) is 8.42 Å². The molecule has 1 aromatic heterocycles. The molecule has 2 aromatic carbocycles. The van der Waals surface area contributed by atoms with Gasteiger partial charge < -0.3 is 14.6 Å². The predicted octanol–water partition coefficient (Wildman–Crippen LogP) is 4.53. The summed E-state index contributed by atoms with van der Waals surface area (Å²) in [7, 11) is -4.07. The van der Waals surface area contributed by atoms with Crippen molar-refractivity contribution in [3.05, 3.63) is 84.5 Å². The number of rotatable bonds is 5. The Morgan fingerprint density at radius 2 is 1.79 bits per heavy atom. The van der Waals surface area contributed by atoms with Gasteiger partial charge in [0.05, 0.1) is 11.9 Å². The molecule has 0 spiro atoms. The van der Waals surface area contributed by atoms with Gasteiger partial charge in [0.25, 0.3) is 0 Å². The van der Waals surface area contributed by atoms with E-state index in [9.17, 15) is 18.3 Å². The number of hydrogen-bond donors (Lipinski definition) is 2. The van der Waals surface area contributed by atoms with E-state index in [1.807, 2.05) is 35.1 Å². The number of carbonyl (C=O) groups excluding carboxylic acids is 1. The Hall–Kier alpha value is -3.92. The van der Waals surface area contributed by atoms with Crippen LogP contribution in [0.2, 0.25) is 0 Å². The summed E-state index contributed by atoms with van der Waals surface area (Å²) in [5.74, 6) is -0.240. The summed E-state index contributed by atoms with van der Waals surface area (Å²) in [5, 5.41) is 9.80. The third-order valence-corrected chi connectivity index (χ3v) is 6.09. The van der Waals surface area contributed by atoms with Gasteiger partial charge in [0.1, 0.15) is 23.6 Å². The first-order chi connectivity index (χ1) is 16.0. The van der Waals surface area contributed by atoms with E-state index in [4.69, 9.17) is 9.47 Å². The number of nitrogens with zero attached hydrogens (tertiary/aromatic N) is 2. The van der Waals surface area contributed by atoms with Crippen LogP contribution in [-0.4, -0.2) is 29.8 Å². The first-order valence-electron chi connectivity index (χ1n) is 10.5. The molecule has 0 saturated heterocycles. The summed E-state index contributed by atoms with van der Waals surface area (Å²) in [6.07, 6.45) is 2.06. The normalized spacial score (nSPS) is 14.9. The van der Waals surface area contributed by atoms with Crippen molar-refractivity contribution in [2.24, 2.45) is 0 Å². The smallest absolute Gasteiger partial charge is 0.418 e. The van der Waals surface area contributed by atoms with Gasteiger partial charge in [0.15, 0.2) is 0 Å². The summed E-state index contributed by atoms with van der Waals surface area (Å²) in [6, 6.07) is 17.8. The maximum absolute atomic E-state index is 12.7. The lowest BCUT2D eigenvalue weighted by Crippen LogP contribution is -2.30. The summed E-state index contributed by atoms with van der Waals surface area (Å²) >= 11 is 0. The van der Waals surface area contributed by atoms with Crippen LogP contribution in [0.5, 0.6) is 5.75 Å². The van der Waals surface area contributed by atoms with Crippen molar-refractivity contribution in [3.8, 4) is 17.0 Å². The summed E-state index contributed by atoms with van der Waals surface area (Å²) < 4.78 is 40.9. The lowest BCUT2D eigenvalue weighted by atomic mass is 10.1. The van der Waals surface area contributed by atoms with Crippen LogP contribution in [0.3, 0.4) is 0 Å². The average Bonchev–Trinajstić information content (AvgIpc) is 3.35. The van der Waals surface area contributed by atoms with Crippen LogP contribution >= 0.6 is 0 Å². The molecular formula is C24H25N3O6S. The minimum Gasteiger partial charge on any atom is -0.493 e. The highest BCUT2D eigenvalue weighted by Crippen LogP contribution is 2.37. The Balaban J connectivity index is 1.74. The molecule has 34 heavy (non-hydrogen) atoms. The van der Waals surface area contributed by atoms with Crippen molar-refractivity contribution in [2.75, 3.05) is 4.31 Å². The number of nitrogens with one attached hydrogen (secondary N) is 1. The number of benzene rings is 2. The summed E-state index contributed by atoms with van der Waals surface area (Å²) in [4.78, 5) is 12.7. The van der Waals surface area contributed by atoms with Crippen LogP contribution in [0.1, 0.15) is 26.3 Å². The number of anilines is 1. The van der Waals surface area contributed by atoms with Crippen molar-refractivity contribution >= 4 is 22.0 Å². The molecule has 9 nitrogen and oxygen atoms in total. The zero-order valence-corrected chi connectivity index (χ0v) is 19.7. The molecule has 0 unspecified atom stereocenters. The number of aliphatic hydroxyl groups is 1. The van der Waals surface area contributed by atoms with Gasteiger partial charge in [-0.3, -0.25) is 4.57 Å². The van der Waals surface area contributed by atoms with Crippen LogP contribution in [0.25, 0.3) is 11.3 Å². The SMILES string of the molecule is CC(C)(C)OC(=O)n1cccc1-c1ccc(OCc2ccccc2)c(N2C=C(O)NS2(=O)=O)c1. The minimum absolute atomic E-state index is 0.168. The van der Waals surface area contributed by atoms with Crippen LogP contribution in [-0.2, 0) is 21.6 Å². The van der Waals surface area contributed by atoms with Crippen LogP contribution in [0.4, 0.5) is 10.5 Å². The fraction of sp³-hybridized carbons (Fsp3) is 0.208. The third-order valence-electron chi connectivity index (χ3n) is 4.80. The van der Waals surface area contributed by atoms with E-state index in [0.717, 1.165) is 16.1 Å². The minimum atomic E-state index is -4.07. The average molecular weight is 484 g/mol. The van der Waals surface area contributed by atoms with Crippen LogP contribution in [0, 0.1) is 0 Å². The third kappa shape index (κ3) is 5.01. The molecule has 0 radical (unpaired) electrons. The molecule has 3 aromatic rings. The Kier molecular flexibility index (Phi) is 6.01. The van der Waals surface area contributed by atoms with Crippen LogP contribution in [0.15, 0.2) is 78.9 Å². The molecule has 0 bridgehead atoms. The van der Waals surface area contributed by atoms with E-state index < -0.39 is 27.8 Å². The fourth-order valence-electron chi connectivity index (χ4n) is 3.38. The molecule has 0 aliphatic carbocycles. The molecule has 1 aliphatic rings. The summed E-state index contributed by atoms with van der Waals surface area (Å²) in [5.41, 5.74) is 1.44. The van der Waals surface area contributed by atoms with Crippen molar-refractivity contribution in [1.29, 1.82) is 0 Å². The molecule has 4 rings (SSSR count). The fourth-order valence-corrected chi connectivity index (χ4v) is 4.44. The molecule has 0 saturated carbocycles. The van der Waals surface area contributed by atoms with E-state index >= 15 is 0 Å². The van der Waals surface area contributed by atoms with Gasteiger partial charge in [0.2, 0.25) is 5.88 Å². The van der Waals surface area contributed by atoms with Crippen LogP contribution < -0.4 is 13.8 Å². The number of hydrogen-bond acceptors (Lipinski definition) is 6. The van der Waals surface area contributed by atoms with Gasteiger partial charge in [-0.1, -0.05) is 30.3 Å². The molecule has 1 aliphatic heterocycles. The number of ether oxygens (including phenoxy) is 2. The second kappa shape index (κ2) is 8.79. The standard InChI is InChI=1S/C24H25N3O6S/c1-24(2,3)33-23(29)26-13-7-10-19(26)18-11-12-21(32-16-17-8-5-4-6-9-17)20(14-18)27-15-22(28)25-34(27,30)31/h4-15,25,28H,16H2,1-3H3. The Morgan fingerprint density at radius 3 is 2.44 bits per heavy atom. The van der Waals surface area contributed by atoms with Gasteiger partial charge in [0, 0.05) is 11.8 Å². The molecule has 0 amide bonds. The molecule has 0 atom stereocenters.